The number of nitrogens with two attached hydrogens (primary N) is 1. The van der Waals surface area contributed by atoms with Crippen LogP contribution in [-0.2, 0) is 14.6 Å². The fourth-order valence-electron chi connectivity index (χ4n) is 2.00. The quantitative estimate of drug-likeness (QED) is 0.902. The van der Waals surface area contributed by atoms with Gasteiger partial charge in [0.25, 0.3) is 0 Å². The van der Waals surface area contributed by atoms with Crippen molar-refractivity contribution in [1.29, 1.82) is 0 Å². The smallest absolute Gasteiger partial charge is 0.180 e. The van der Waals surface area contributed by atoms with E-state index in [9.17, 15) is 8.42 Å². The highest BCUT2D eigenvalue weighted by Gasteiger charge is 2.19. The van der Waals surface area contributed by atoms with E-state index in [0.717, 1.165) is 10.8 Å². The molecule has 0 heterocycles. The van der Waals surface area contributed by atoms with Crippen LogP contribution >= 0.6 is 0 Å². The van der Waals surface area contributed by atoms with Crippen LogP contribution < -0.4 is 5.73 Å². The highest BCUT2D eigenvalue weighted by molar-refractivity contribution is 7.91. The summed E-state index contributed by atoms with van der Waals surface area (Å²) in [7, 11) is -1.88. The van der Waals surface area contributed by atoms with Gasteiger partial charge in [0.15, 0.2) is 9.84 Å². The van der Waals surface area contributed by atoms with Crippen molar-refractivity contribution in [3.63, 3.8) is 0 Å². The fourth-order valence-corrected chi connectivity index (χ4v) is 3.44. The van der Waals surface area contributed by atoms with Crippen molar-refractivity contribution in [2.45, 2.75) is 10.9 Å². The summed E-state index contributed by atoms with van der Waals surface area (Å²) >= 11 is 0. The lowest BCUT2D eigenvalue weighted by Crippen LogP contribution is -2.33. The predicted octanol–water partition coefficient (Wildman–Crippen LogP) is 1.59. The minimum atomic E-state index is -3.38. The third-order valence-corrected chi connectivity index (χ3v) is 4.73. The van der Waals surface area contributed by atoms with Gasteiger partial charge in [-0.05, 0) is 22.9 Å². The van der Waals surface area contributed by atoms with Gasteiger partial charge in [0.05, 0.1) is 17.3 Å². The van der Waals surface area contributed by atoms with E-state index in [1.54, 1.807) is 12.1 Å². The molecule has 4 nitrogen and oxygen atoms in total. The molecule has 2 aromatic rings. The van der Waals surface area contributed by atoms with Crippen molar-refractivity contribution in [1.82, 2.24) is 0 Å². The van der Waals surface area contributed by atoms with Crippen LogP contribution in [0, 0.1) is 0 Å². The summed E-state index contributed by atoms with van der Waals surface area (Å²) in [6.07, 6.45) is 0. The van der Waals surface area contributed by atoms with Crippen molar-refractivity contribution in [2.24, 2.45) is 5.73 Å². The molecule has 1 atom stereocenters. The molecule has 102 valence electrons. The predicted molar refractivity (Wildman–Crippen MR) is 75.9 cm³/mol. The van der Waals surface area contributed by atoms with Gasteiger partial charge in [-0.2, -0.15) is 0 Å². The van der Waals surface area contributed by atoms with Crippen LogP contribution in [0.15, 0.2) is 47.4 Å². The average Bonchev–Trinajstić information content (AvgIpc) is 2.37. The zero-order valence-corrected chi connectivity index (χ0v) is 11.6. The molecule has 0 saturated heterocycles. The number of rotatable bonds is 5. The van der Waals surface area contributed by atoms with E-state index in [0.29, 0.717) is 4.90 Å². The van der Waals surface area contributed by atoms with E-state index >= 15 is 0 Å². The second-order valence-corrected chi connectivity index (χ2v) is 6.54. The van der Waals surface area contributed by atoms with Crippen molar-refractivity contribution < 1.29 is 13.2 Å². The van der Waals surface area contributed by atoms with E-state index < -0.39 is 15.9 Å². The van der Waals surface area contributed by atoms with Crippen molar-refractivity contribution in [2.75, 3.05) is 19.5 Å². The molecule has 0 aliphatic rings. The van der Waals surface area contributed by atoms with Crippen molar-refractivity contribution in [3.05, 3.63) is 42.5 Å². The van der Waals surface area contributed by atoms with Gasteiger partial charge in [-0.15, -0.1) is 0 Å². The lowest BCUT2D eigenvalue weighted by Gasteiger charge is -2.11. The highest BCUT2D eigenvalue weighted by atomic mass is 32.2. The zero-order valence-electron chi connectivity index (χ0n) is 10.7. The average molecular weight is 279 g/mol. The highest BCUT2D eigenvalue weighted by Crippen LogP contribution is 2.20. The molecule has 2 aromatic carbocycles. The summed E-state index contributed by atoms with van der Waals surface area (Å²) in [6.45, 7) is 0.229. The lowest BCUT2D eigenvalue weighted by molar-refractivity contribution is 0.186. The molecule has 0 aliphatic heterocycles. The van der Waals surface area contributed by atoms with Crippen LogP contribution in [0.2, 0.25) is 0 Å². The Bertz CT molecular complexity index is 667. The Morgan fingerprint density at radius 1 is 1.16 bits per heavy atom. The summed E-state index contributed by atoms with van der Waals surface area (Å²) < 4.78 is 29.3. The molecule has 19 heavy (non-hydrogen) atoms. The number of fused-ring (bicyclic) bond motifs is 1. The first-order valence-electron chi connectivity index (χ1n) is 5.99. The number of hydrogen-bond donors (Lipinski definition) is 1. The minimum absolute atomic E-state index is 0.112. The summed E-state index contributed by atoms with van der Waals surface area (Å²) in [5, 5.41) is 1.92. The normalized spacial score (nSPS) is 13.6. The number of benzene rings is 2. The van der Waals surface area contributed by atoms with Crippen LogP contribution in [0.1, 0.15) is 0 Å². The SMILES string of the molecule is COCC(N)CS(=O)(=O)c1ccc2ccccc2c1. The fraction of sp³-hybridized carbons (Fsp3) is 0.286. The second-order valence-electron chi connectivity index (χ2n) is 4.51. The summed E-state index contributed by atoms with van der Waals surface area (Å²) in [4.78, 5) is 0.303. The monoisotopic (exact) mass is 279 g/mol. The molecule has 0 spiro atoms. The third kappa shape index (κ3) is 3.32. The number of sulfone groups is 1. The topological polar surface area (TPSA) is 69.4 Å². The van der Waals surface area contributed by atoms with Crippen LogP contribution in [-0.4, -0.2) is 33.9 Å². The first-order valence-corrected chi connectivity index (χ1v) is 7.64. The first kappa shape index (κ1) is 14.0. The molecule has 0 aliphatic carbocycles. The van der Waals surface area contributed by atoms with Crippen molar-refractivity contribution in [3.8, 4) is 0 Å². The van der Waals surface area contributed by atoms with E-state index in [-0.39, 0.29) is 12.4 Å². The lowest BCUT2D eigenvalue weighted by atomic mass is 10.1. The number of hydrogen-bond acceptors (Lipinski definition) is 4. The standard InChI is InChI=1S/C14H17NO3S/c1-18-9-13(15)10-19(16,17)14-7-6-11-4-2-3-5-12(11)8-14/h2-8,13H,9-10,15H2,1H3. The molecule has 0 bridgehead atoms. The summed E-state index contributed by atoms with van der Waals surface area (Å²) in [6, 6.07) is 12.2. The van der Waals surface area contributed by atoms with Crippen molar-refractivity contribution >= 4 is 20.6 Å². The maximum atomic E-state index is 12.2. The first-order chi connectivity index (χ1) is 9.03. The van der Waals surface area contributed by atoms with Gasteiger partial charge in [0, 0.05) is 13.2 Å². The van der Waals surface area contributed by atoms with Gasteiger partial charge >= 0.3 is 0 Å². The number of methoxy groups -OCH3 is 1. The Morgan fingerprint density at radius 2 is 1.84 bits per heavy atom. The van der Waals surface area contributed by atoms with Gasteiger partial charge < -0.3 is 10.5 Å². The molecule has 0 saturated carbocycles. The van der Waals surface area contributed by atoms with Gasteiger partial charge in [0.2, 0.25) is 0 Å². The molecule has 2 rings (SSSR count). The Kier molecular flexibility index (Phi) is 4.19. The Labute approximate surface area is 113 Å². The maximum Gasteiger partial charge on any atom is 0.180 e. The molecular formula is C14H17NO3S. The largest absolute Gasteiger partial charge is 0.383 e. The molecule has 2 N–H and O–H groups in total. The van der Waals surface area contributed by atoms with Crippen LogP contribution in [0.4, 0.5) is 0 Å². The molecular weight excluding hydrogens is 262 g/mol. The summed E-state index contributed by atoms with van der Waals surface area (Å²) in [5.41, 5.74) is 5.72. The van der Waals surface area contributed by atoms with E-state index in [1.807, 2.05) is 30.3 Å². The van der Waals surface area contributed by atoms with E-state index in [2.05, 4.69) is 0 Å². The van der Waals surface area contributed by atoms with Crippen LogP contribution in [0.25, 0.3) is 10.8 Å². The van der Waals surface area contributed by atoms with Crippen LogP contribution in [0.5, 0.6) is 0 Å². The van der Waals surface area contributed by atoms with Gasteiger partial charge in [-0.25, -0.2) is 8.42 Å². The Morgan fingerprint density at radius 3 is 2.53 bits per heavy atom. The van der Waals surface area contributed by atoms with Crippen LogP contribution in [0.3, 0.4) is 0 Å². The molecule has 0 aromatic heterocycles. The number of ether oxygens (including phenoxy) is 1. The summed E-state index contributed by atoms with van der Waals surface area (Å²) in [5.74, 6) is -0.112. The van der Waals surface area contributed by atoms with Gasteiger partial charge in [-0.1, -0.05) is 30.3 Å². The Hall–Kier alpha value is -1.43. The molecule has 0 amide bonds. The third-order valence-electron chi connectivity index (χ3n) is 2.89. The van der Waals surface area contributed by atoms with Gasteiger partial charge in [-0.3, -0.25) is 0 Å². The molecule has 0 radical (unpaired) electrons. The Balaban J connectivity index is 2.32. The zero-order chi connectivity index (χ0) is 13.9. The maximum absolute atomic E-state index is 12.2. The molecule has 5 heteroatoms. The minimum Gasteiger partial charge on any atom is -0.383 e. The van der Waals surface area contributed by atoms with E-state index in [1.165, 1.54) is 7.11 Å². The molecule has 1 unspecified atom stereocenters. The van der Waals surface area contributed by atoms with Gasteiger partial charge in [0.1, 0.15) is 0 Å². The second kappa shape index (κ2) is 5.69. The van der Waals surface area contributed by atoms with E-state index in [4.69, 9.17) is 10.5 Å². The molecule has 0 fully saturated rings.